The van der Waals surface area contributed by atoms with Crippen LogP contribution in [0.2, 0.25) is 0 Å². The van der Waals surface area contributed by atoms with Gasteiger partial charge >= 0.3 is 0 Å². The molecule has 3 heteroatoms. The summed E-state index contributed by atoms with van der Waals surface area (Å²) >= 11 is 3.53. The van der Waals surface area contributed by atoms with Crippen molar-refractivity contribution in [2.24, 2.45) is 0 Å². The van der Waals surface area contributed by atoms with Crippen LogP contribution < -0.4 is 4.90 Å². The van der Waals surface area contributed by atoms with Gasteiger partial charge in [-0.1, -0.05) is 53.2 Å². The van der Waals surface area contributed by atoms with E-state index < -0.39 is 0 Å². The zero-order valence-electron chi connectivity index (χ0n) is 15.0. The largest absolute Gasteiger partial charge is 0.307 e. The van der Waals surface area contributed by atoms with Gasteiger partial charge < -0.3 is 4.90 Å². The molecule has 0 bridgehead atoms. The average Bonchev–Trinajstić information content (AvgIpc) is 2.47. The molecule has 24 heavy (non-hydrogen) atoms. The minimum absolute atomic E-state index is 0.105. The Labute approximate surface area is 153 Å². The van der Waals surface area contributed by atoms with Gasteiger partial charge in [0.1, 0.15) is 0 Å². The number of para-hydroxylation sites is 1. The number of halogens is 1. The smallest absolute Gasteiger partial charge is 0.224 e. The Balaban J connectivity index is 2.30. The quantitative estimate of drug-likeness (QED) is 0.625. The monoisotopic (exact) mass is 385 g/mol. The fourth-order valence-corrected chi connectivity index (χ4v) is 4.67. The Morgan fingerprint density at radius 3 is 2.29 bits per heavy atom. The van der Waals surface area contributed by atoms with Gasteiger partial charge in [0.2, 0.25) is 5.91 Å². The average molecular weight is 386 g/mol. The van der Waals surface area contributed by atoms with Crippen molar-refractivity contribution in [1.29, 1.82) is 0 Å². The SMILES string of the molecule is CC(=O)N1c2c(C)cccc2C(C)(c2ccc(Br)cc2)CC1(C)C. The van der Waals surface area contributed by atoms with Crippen molar-refractivity contribution in [2.45, 2.75) is 52.0 Å². The number of hydrogen-bond acceptors (Lipinski definition) is 1. The van der Waals surface area contributed by atoms with Crippen molar-refractivity contribution >= 4 is 27.5 Å². The molecule has 0 radical (unpaired) electrons. The van der Waals surface area contributed by atoms with Gasteiger partial charge in [0.15, 0.2) is 0 Å². The van der Waals surface area contributed by atoms with E-state index in [0.29, 0.717) is 0 Å². The summed E-state index contributed by atoms with van der Waals surface area (Å²) in [6.07, 6.45) is 0.887. The second kappa shape index (κ2) is 5.73. The second-order valence-corrected chi connectivity index (χ2v) is 8.57. The maximum Gasteiger partial charge on any atom is 0.224 e. The predicted molar refractivity (Wildman–Crippen MR) is 104 cm³/mol. The normalized spacial score (nSPS) is 22.2. The standard InChI is InChI=1S/C21H24BrNO/c1-14-7-6-8-18-19(14)23(15(2)24)20(3,4)13-21(18,5)16-9-11-17(22)12-10-16/h6-12H,13H2,1-5H3. The first kappa shape index (κ1) is 17.2. The predicted octanol–water partition coefficient (Wildman–Crippen LogP) is 5.60. The lowest BCUT2D eigenvalue weighted by atomic mass is 9.65. The van der Waals surface area contributed by atoms with Gasteiger partial charge in [-0.3, -0.25) is 4.79 Å². The van der Waals surface area contributed by atoms with E-state index in [1.807, 2.05) is 4.90 Å². The minimum atomic E-state index is -0.243. The number of fused-ring (bicyclic) bond motifs is 1. The van der Waals surface area contributed by atoms with Crippen LogP contribution in [0.15, 0.2) is 46.9 Å². The molecule has 1 aliphatic rings. The fraction of sp³-hybridized carbons (Fsp3) is 0.381. The number of carbonyl (C=O) groups is 1. The van der Waals surface area contributed by atoms with Crippen molar-refractivity contribution in [3.8, 4) is 0 Å². The number of carbonyl (C=O) groups excluding carboxylic acids is 1. The highest BCUT2D eigenvalue weighted by atomic mass is 79.9. The molecule has 1 unspecified atom stereocenters. The van der Waals surface area contributed by atoms with E-state index in [9.17, 15) is 4.79 Å². The molecule has 0 aliphatic carbocycles. The first-order chi connectivity index (χ1) is 11.2. The molecule has 1 amide bonds. The van der Waals surface area contributed by atoms with Crippen LogP contribution in [-0.4, -0.2) is 11.4 Å². The van der Waals surface area contributed by atoms with Crippen LogP contribution in [0.3, 0.4) is 0 Å². The Bertz CT molecular complexity index is 794. The molecule has 0 spiro atoms. The minimum Gasteiger partial charge on any atom is -0.307 e. The molecule has 2 nitrogen and oxygen atoms in total. The van der Waals surface area contributed by atoms with Crippen LogP contribution in [0.5, 0.6) is 0 Å². The number of hydrogen-bond donors (Lipinski definition) is 0. The van der Waals surface area contributed by atoms with Crippen molar-refractivity contribution in [2.75, 3.05) is 4.90 Å². The summed E-state index contributed by atoms with van der Waals surface area (Å²) in [6.45, 7) is 10.4. The molecule has 1 heterocycles. The van der Waals surface area contributed by atoms with Crippen LogP contribution >= 0.6 is 15.9 Å². The van der Waals surface area contributed by atoms with E-state index >= 15 is 0 Å². The fourth-order valence-electron chi connectivity index (χ4n) is 4.40. The lowest BCUT2D eigenvalue weighted by Gasteiger charge is -2.51. The third-order valence-corrected chi connectivity index (χ3v) is 5.77. The van der Waals surface area contributed by atoms with Gasteiger partial charge in [-0.2, -0.15) is 0 Å². The van der Waals surface area contributed by atoms with Crippen LogP contribution in [0.1, 0.15) is 50.8 Å². The molecule has 0 saturated heterocycles. The van der Waals surface area contributed by atoms with Crippen LogP contribution in [-0.2, 0) is 10.2 Å². The summed E-state index contributed by atoms with van der Waals surface area (Å²) in [5, 5.41) is 0. The topological polar surface area (TPSA) is 20.3 Å². The molecule has 2 aromatic carbocycles. The summed E-state index contributed by atoms with van der Waals surface area (Å²) in [4.78, 5) is 14.4. The summed E-state index contributed by atoms with van der Waals surface area (Å²) < 4.78 is 1.08. The van der Waals surface area contributed by atoms with Crippen LogP contribution in [0, 0.1) is 6.92 Å². The van der Waals surface area contributed by atoms with Gasteiger partial charge in [-0.15, -0.1) is 0 Å². The molecular formula is C21H24BrNO. The van der Waals surface area contributed by atoms with E-state index in [2.05, 4.69) is 86.1 Å². The zero-order chi connectivity index (χ0) is 17.7. The number of rotatable bonds is 1. The van der Waals surface area contributed by atoms with Crippen molar-refractivity contribution in [1.82, 2.24) is 0 Å². The van der Waals surface area contributed by atoms with E-state index in [0.717, 1.165) is 22.1 Å². The Morgan fingerprint density at radius 1 is 1.08 bits per heavy atom. The molecule has 0 aromatic heterocycles. The van der Waals surface area contributed by atoms with E-state index in [1.54, 1.807) is 6.92 Å². The molecule has 2 aromatic rings. The third-order valence-electron chi connectivity index (χ3n) is 5.24. The molecule has 1 atom stereocenters. The highest BCUT2D eigenvalue weighted by molar-refractivity contribution is 9.10. The van der Waals surface area contributed by atoms with Gasteiger partial charge in [-0.05, 0) is 56.0 Å². The van der Waals surface area contributed by atoms with E-state index in [4.69, 9.17) is 0 Å². The number of anilines is 1. The highest BCUT2D eigenvalue weighted by Crippen LogP contribution is 2.51. The summed E-state index contributed by atoms with van der Waals surface area (Å²) in [5.41, 5.74) is 4.38. The van der Waals surface area contributed by atoms with Crippen molar-refractivity contribution in [3.05, 3.63) is 63.6 Å². The molecule has 0 fully saturated rings. The van der Waals surface area contributed by atoms with E-state index in [-0.39, 0.29) is 16.9 Å². The summed E-state index contributed by atoms with van der Waals surface area (Å²) in [7, 11) is 0. The molecule has 0 N–H and O–H groups in total. The Morgan fingerprint density at radius 2 is 1.71 bits per heavy atom. The number of amides is 1. The van der Waals surface area contributed by atoms with Gasteiger partial charge in [0.25, 0.3) is 0 Å². The molecule has 0 saturated carbocycles. The van der Waals surface area contributed by atoms with Crippen molar-refractivity contribution < 1.29 is 4.79 Å². The number of nitrogens with zero attached hydrogens (tertiary/aromatic N) is 1. The van der Waals surface area contributed by atoms with Crippen LogP contribution in [0.4, 0.5) is 5.69 Å². The van der Waals surface area contributed by atoms with Gasteiger partial charge in [-0.25, -0.2) is 0 Å². The molecule has 1 aliphatic heterocycles. The maximum absolute atomic E-state index is 12.4. The molecular weight excluding hydrogens is 362 g/mol. The van der Waals surface area contributed by atoms with Crippen LogP contribution in [0.25, 0.3) is 0 Å². The lowest BCUT2D eigenvalue weighted by molar-refractivity contribution is -0.117. The second-order valence-electron chi connectivity index (χ2n) is 7.65. The third kappa shape index (κ3) is 2.59. The lowest BCUT2D eigenvalue weighted by Crippen LogP contribution is -2.55. The number of benzene rings is 2. The first-order valence-corrected chi connectivity index (χ1v) is 9.13. The molecule has 3 rings (SSSR count). The number of aryl methyl sites for hydroxylation is 1. The Hall–Kier alpha value is -1.61. The maximum atomic E-state index is 12.4. The highest BCUT2D eigenvalue weighted by Gasteiger charge is 2.47. The molecule has 126 valence electrons. The van der Waals surface area contributed by atoms with Gasteiger partial charge in [0, 0.05) is 22.4 Å². The van der Waals surface area contributed by atoms with Gasteiger partial charge in [0.05, 0.1) is 5.69 Å². The summed E-state index contributed by atoms with van der Waals surface area (Å²) in [5.74, 6) is 0.105. The first-order valence-electron chi connectivity index (χ1n) is 8.34. The zero-order valence-corrected chi connectivity index (χ0v) is 16.6. The summed E-state index contributed by atoms with van der Waals surface area (Å²) in [6, 6.07) is 14.9. The van der Waals surface area contributed by atoms with E-state index in [1.165, 1.54) is 11.1 Å². The van der Waals surface area contributed by atoms with Crippen molar-refractivity contribution in [3.63, 3.8) is 0 Å². The Kier molecular flexibility index (Phi) is 4.11.